The van der Waals surface area contributed by atoms with Gasteiger partial charge in [-0.1, -0.05) is 6.07 Å². The van der Waals surface area contributed by atoms with Crippen molar-refractivity contribution in [2.75, 3.05) is 24.7 Å². The number of nitrogens with two attached hydrogens (primary N) is 1. The fourth-order valence-corrected chi connectivity index (χ4v) is 3.67. The summed E-state index contributed by atoms with van der Waals surface area (Å²) in [6, 6.07) is 4.38. The minimum atomic E-state index is -3.36. The largest absolute Gasteiger partial charge is 0.369 e. The van der Waals surface area contributed by atoms with Crippen LogP contribution in [-0.4, -0.2) is 44.6 Å². The number of rotatable bonds is 3. The lowest BCUT2D eigenvalue weighted by Gasteiger charge is -2.31. The average Bonchev–Trinajstić information content (AvgIpc) is 2.48. The first-order chi connectivity index (χ1) is 10.7. The molecule has 3 N–H and O–H groups in total. The van der Waals surface area contributed by atoms with E-state index in [1.807, 2.05) is 0 Å². The minimum absolute atomic E-state index is 0.184. The Bertz CT molecular complexity index is 730. The fraction of sp³-hybridized carbons (Fsp3) is 0.467. The Kier molecular flexibility index (Phi) is 4.93. The number of likely N-dealkylation sites (tertiary alicyclic amines) is 1. The van der Waals surface area contributed by atoms with Gasteiger partial charge in [-0.05, 0) is 37.5 Å². The summed E-state index contributed by atoms with van der Waals surface area (Å²) in [6.07, 6.45) is 2.52. The first kappa shape index (κ1) is 17.3. The Labute approximate surface area is 135 Å². The molecule has 1 heterocycles. The molecule has 23 heavy (non-hydrogen) atoms. The Morgan fingerprint density at radius 1 is 1.35 bits per heavy atom. The molecule has 1 fully saturated rings. The highest BCUT2D eigenvalue weighted by molar-refractivity contribution is 7.90. The maximum absolute atomic E-state index is 12.3. The van der Waals surface area contributed by atoms with Gasteiger partial charge in [0.1, 0.15) is 0 Å². The molecule has 1 saturated heterocycles. The third-order valence-electron chi connectivity index (χ3n) is 3.95. The number of hydrogen-bond acceptors (Lipinski definition) is 4. The lowest BCUT2D eigenvalue weighted by molar-refractivity contribution is -0.123. The third-order valence-corrected chi connectivity index (χ3v) is 5.19. The van der Waals surface area contributed by atoms with E-state index >= 15 is 0 Å². The number of amides is 3. The van der Waals surface area contributed by atoms with Crippen LogP contribution in [0.1, 0.15) is 18.4 Å². The number of hydrogen-bond donors (Lipinski definition) is 2. The van der Waals surface area contributed by atoms with Crippen molar-refractivity contribution in [2.45, 2.75) is 24.7 Å². The van der Waals surface area contributed by atoms with Crippen molar-refractivity contribution in [3.8, 4) is 0 Å². The van der Waals surface area contributed by atoms with Crippen LogP contribution in [0.4, 0.5) is 10.5 Å². The zero-order valence-electron chi connectivity index (χ0n) is 13.2. The van der Waals surface area contributed by atoms with Crippen molar-refractivity contribution in [1.29, 1.82) is 0 Å². The van der Waals surface area contributed by atoms with Gasteiger partial charge in [0.2, 0.25) is 5.91 Å². The summed E-state index contributed by atoms with van der Waals surface area (Å²) in [5.41, 5.74) is 6.33. The second kappa shape index (κ2) is 6.57. The van der Waals surface area contributed by atoms with Crippen LogP contribution in [0, 0.1) is 12.8 Å². The highest BCUT2D eigenvalue weighted by Gasteiger charge is 2.27. The molecule has 1 aromatic rings. The molecule has 0 bridgehead atoms. The zero-order chi connectivity index (χ0) is 17.2. The molecule has 126 valence electrons. The van der Waals surface area contributed by atoms with Crippen LogP contribution in [-0.2, 0) is 14.6 Å². The Balaban J connectivity index is 2.13. The van der Waals surface area contributed by atoms with Gasteiger partial charge in [0, 0.05) is 25.0 Å². The second-order valence-electron chi connectivity index (χ2n) is 5.87. The van der Waals surface area contributed by atoms with Crippen LogP contribution in [0.3, 0.4) is 0 Å². The van der Waals surface area contributed by atoms with E-state index in [2.05, 4.69) is 5.32 Å². The first-order valence-corrected chi connectivity index (χ1v) is 9.23. The summed E-state index contributed by atoms with van der Waals surface area (Å²) in [4.78, 5) is 25.3. The van der Waals surface area contributed by atoms with E-state index in [0.717, 1.165) is 6.26 Å². The van der Waals surface area contributed by atoms with Crippen LogP contribution in [0.5, 0.6) is 0 Å². The van der Waals surface area contributed by atoms with Gasteiger partial charge in [-0.25, -0.2) is 13.2 Å². The number of carbonyl (C=O) groups excluding carboxylic acids is 2. The number of carbonyl (C=O) groups is 2. The van der Waals surface area contributed by atoms with Crippen molar-refractivity contribution in [3.05, 3.63) is 23.8 Å². The number of nitrogens with one attached hydrogen (secondary N) is 1. The number of nitrogens with zero attached hydrogens (tertiary/aromatic N) is 1. The fourth-order valence-electron chi connectivity index (χ4n) is 2.67. The van der Waals surface area contributed by atoms with Crippen LogP contribution in [0.15, 0.2) is 23.1 Å². The van der Waals surface area contributed by atoms with Gasteiger partial charge in [-0.15, -0.1) is 0 Å². The molecule has 0 spiro atoms. The van der Waals surface area contributed by atoms with E-state index in [0.29, 0.717) is 30.6 Å². The number of primary amides is 1. The summed E-state index contributed by atoms with van der Waals surface area (Å²) >= 11 is 0. The summed E-state index contributed by atoms with van der Waals surface area (Å²) in [7, 11) is -3.36. The number of sulfone groups is 1. The van der Waals surface area contributed by atoms with Gasteiger partial charge in [-0.3, -0.25) is 4.79 Å². The molecule has 2 rings (SSSR count). The van der Waals surface area contributed by atoms with E-state index in [-0.39, 0.29) is 23.4 Å². The van der Waals surface area contributed by atoms with Crippen LogP contribution >= 0.6 is 0 Å². The predicted octanol–water partition coefficient (Wildman–Crippen LogP) is 1.13. The maximum atomic E-state index is 12.3. The van der Waals surface area contributed by atoms with E-state index in [4.69, 9.17) is 5.73 Å². The monoisotopic (exact) mass is 339 g/mol. The van der Waals surface area contributed by atoms with E-state index in [9.17, 15) is 18.0 Å². The highest BCUT2D eigenvalue weighted by atomic mass is 32.2. The molecule has 1 aliphatic heterocycles. The highest BCUT2D eigenvalue weighted by Crippen LogP contribution is 2.21. The molecule has 0 aromatic heterocycles. The van der Waals surface area contributed by atoms with Gasteiger partial charge in [0.15, 0.2) is 9.84 Å². The first-order valence-electron chi connectivity index (χ1n) is 7.34. The molecule has 7 nitrogen and oxygen atoms in total. The van der Waals surface area contributed by atoms with Crippen molar-refractivity contribution >= 4 is 27.5 Å². The van der Waals surface area contributed by atoms with Crippen molar-refractivity contribution < 1.29 is 18.0 Å². The minimum Gasteiger partial charge on any atom is -0.369 e. The lowest BCUT2D eigenvalue weighted by atomic mass is 9.98. The quantitative estimate of drug-likeness (QED) is 0.860. The van der Waals surface area contributed by atoms with E-state index < -0.39 is 15.7 Å². The van der Waals surface area contributed by atoms with Crippen molar-refractivity contribution in [2.24, 2.45) is 11.7 Å². The molecule has 3 amide bonds. The average molecular weight is 339 g/mol. The normalized spacial score (nSPS) is 18.5. The number of urea groups is 1. The number of anilines is 1. The SMILES string of the molecule is Cc1ccc(NC(=O)N2CCC[C@@H](C(N)=O)C2)cc1S(C)(=O)=O. The Morgan fingerprint density at radius 2 is 2.04 bits per heavy atom. The number of benzene rings is 1. The maximum Gasteiger partial charge on any atom is 0.321 e. The molecule has 0 aliphatic carbocycles. The van der Waals surface area contributed by atoms with Gasteiger partial charge in [0.05, 0.1) is 10.8 Å². The molecule has 0 unspecified atom stereocenters. The smallest absolute Gasteiger partial charge is 0.321 e. The van der Waals surface area contributed by atoms with Crippen molar-refractivity contribution in [1.82, 2.24) is 4.90 Å². The van der Waals surface area contributed by atoms with Gasteiger partial charge in [-0.2, -0.15) is 0 Å². The van der Waals surface area contributed by atoms with Gasteiger partial charge >= 0.3 is 6.03 Å². The van der Waals surface area contributed by atoms with Gasteiger partial charge < -0.3 is 16.0 Å². The van der Waals surface area contributed by atoms with Crippen LogP contribution < -0.4 is 11.1 Å². The third kappa shape index (κ3) is 4.22. The van der Waals surface area contributed by atoms with Gasteiger partial charge in [0.25, 0.3) is 0 Å². The van der Waals surface area contributed by atoms with E-state index in [1.54, 1.807) is 19.1 Å². The standard InChI is InChI=1S/C15H21N3O4S/c1-10-5-6-12(8-13(10)23(2,21)22)17-15(20)18-7-3-4-11(9-18)14(16)19/h5-6,8,11H,3-4,7,9H2,1-2H3,(H2,16,19)(H,17,20)/t11-/m1/s1. The van der Waals surface area contributed by atoms with Crippen LogP contribution in [0.25, 0.3) is 0 Å². The molecule has 1 aliphatic rings. The summed E-state index contributed by atoms with van der Waals surface area (Å²) in [5.74, 6) is -0.740. The molecular formula is C15H21N3O4S. The molecule has 0 saturated carbocycles. The molecule has 8 heteroatoms. The predicted molar refractivity (Wildman–Crippen MR) is 86.8 cm³/mol. The topological polar surface area (TPSA) is 110 Å². The Hall–Kier alpha value is -2.09. The van der Waals surface area contributed by atoms with Crippen molar-refractivity contribution in [3.63, 3.8) is 0 Å². The molecular weight excluding hydrogens is 318 g/mol. The van der Waals surface area contributed by atoms with E-state index in [1.165, 1.54) is 11.0 Å². The summed E-state index contributed by atoms with van der Waals surface area (Å²) in [5, 5.41) is 2.68. The molecule has 1 atom stereocenters. The Morgan fingerprint density at radius 3 is 2.65 bits per heavy atom. The molecule has 0 radical (unpaired) electrons. The number of piperidine rings is 1. The second-order valence-corrected chi connectivity index (χ2v) is 7.85. The van der Waals surface area contributed by atoms with Crippen LogP contribution in [0.2, 0.25) is 0 Å². The zero-order valence-corrected chi connectivity index (χ0v) is 14.0. The number of aryl methyl sites for hydroxylation is 1. The lowest BCUT2D eigenvalue weighted by Crippen LogP contribution is -2.45. The molecule has 1 aromatic carbocycles. The summed E-state index contributed by atoms with van der Waals surface area (Å²) < 4.78 is 23.5. The summed E-state index contributed by atoms with van der Waals surface area (Å²) in [6.45, 7) is 2.52.